The van der Waals surface area contributed by atoms with Gasteiger partial charge in [0, 0.05) is 23.0 Å². The second kappa shape index (κ2) is 7.54. The van der Waals surface area contributed by atoms with Crippen molar-refractivity contribution in [3.8, 4) is 0 Å². The van der Waals surface area contributed by atoms with Crippen LogP contribution in [0.25, 0.3) is 0 Å². The highest BCUT2D eigenvalue weighted by Crippen LogP contribution is 2.40. The lowest BCUT2D eigenvalue weighted by molar-refractivity contribution is -0.137. The lowest BCUT2D eigenvalue weighted by atomic mass is 10.2. The van der Waals surface area contributed by atoms with E-state index in [-0.39, 0.29) is 5.57 Å². The van der Waals surface area contributed by atoms with E-state index < -0.39 is 11.9 Å². The van der Waals surface area contributed by atoms with Crippen molar-refractivity contribution < 1.29 is 14.3 Å². The largest absolute Gasteiger partial charge is 0.465 e. The van der Waals surface area contributed by atoms with Crippen molar-refractivity contribution >= 4 is 45.8 Å². The van der Waals surface area contributed by atoms with Gasteiger partial charge in [-0.15, -0.1) is 11.3 Å². The number of nitrogens with one attached hydrogen (secondary N) is 1. The molecular formula is C17H15N3O3S2. The summed E-state index contributed by atoms with van der Waals surface area (Å²) in [6.07, 6.45) is 1.58. The van der Waals surface area contributed by atoms with Gasteiger partial charge >= 0.3 is 5.97 Å². The first-order valence-electron chi connectivity index (χ1n) is 7.34. The summed E-state index contributed by atoms with van der Waals surface area (Å²) in [5.74, 6) is -1.24. The average molecular weight is 373 g/mol. The number of rotatable bonds is 4. The fraction of sp³-hybridized carbons (Fsp3) is 0.118. The van der Waals surface area contributed by atoms with Crippen LogP contribution in [0.5, 0.6) is 0 Å². The molecule has 3 rings (SSSR count). The van der Waals surface area contributed by atoms with Crippen LogP contribution in [0.4, 0.5) is 10.8 Å². The lowest BCUT2D eigenvalue weighted by Crippen LogP contribution is -2.27. The fourth-order valence-corrected chi connectivity index (χ4v) is 3.86. The number of hydrogen-bond donors (Lipinski definition) is 1. The number of esters is 1. The van der Waals surface area contributed by atoms with Crippen molar-refractivity contribution in [2.45, 2.75) is 6.92 Å². The minimum absolute atomic E-state index is 0.0559. The van der Waals surface area contributed by atoms with E-state index in [0.717, 1.165) is 11.4 Å². The van der Waals surface area contributed by atoms with E-state index in [4.69, 9.17) is 4.74 Å². The molecule has 0 unspecified atom stereocenters. The van der Waals surface area contributed by atoms with Gasteiger partial charge in [0.1, 0.15) is 5.03 Å². The highest BCUT2D eigenvalue weighted by Gasteiger charge is 2.32. The second-order valence-electron chi connectivity index (χ2n) is 5.01. The number of para-hydroxylation sites is 1. The predicted octanol–water partition coefficient (Wildman–Crippen LogP) is 3.58. The van der Waals surface area contributed by atoms with Gasteiger partial charge in [-0.3, -0.25) is 10.1 Å². The molecule has 0 bridgehead atoms. The van der Waals surface area contributed by atoms with Crippen LogP contribution in [-0.2, 0) is 14.3 Å². The summed E-state index contributed by atoms with van der Waals surface area (Å²) in [6, 6.07) is 9.53. The van der Waals surface area contributed by atoms with E-state index in [1.165, 1.54) is 30.2 Å². The van der Waals surface area contributed by atoms with Crippen molar-refractivity contribution in [3.63, 3.8) is 0 Å². The number of amides is 1. The van der Waals surface area contributed by atoms with Crippen LogP contribution in [0.2, 0.25) is 0 Å². The van der Waals surface area contributed by atoms with E-state index in [1.807, 2.05) is 47.6 Å². The molecule has 0 radical (unpaired) electrons. The molecule has 0 spiro atoms. The van der Waals surface area contributed by atoms with E-state index in [1.54, 1.807) is 11.6 Å². The Hall–Kier alpha value is -2.58. The molecule has 128 valence electrons. The monoisotopic (exact) mass is 373 g/mol. The van der Waals surface area contributed by atoms with Gasteiger partial charge in [0.15, 0.2) is 10.7 Å². The van der Waals surface area contributed by atoms with Gasteiger partial charge in [-0.1, -0.05) is 30.0 Å². The standard InChI is InChI=1S/C17H15N3O3S2/c1-11-10-25-15(20(11)12-6-4-3-5-7-12)13(16(22)23-2)14(21)19-17-18-8-9-24-17/h3-10H,1-2H3,(H,18,19,21)/b15-13+. The molecule has 1 aromatic carbocycles. The van der Waals surface area contributed by atoms with Crippen LogP contribution in [0.1, 0.15) is 6.92 Å². The number of carbonyl (C=O) groups is 2. The first kappa shape index (κ1) is 17.2. The zero-order chi connectivity index (χ0) is 17.8. The Bertz CT molecular complexity index is 845. The van der Waals surface area contributed by atoms with Crippen LogP contribution >= 0.6 is 23.1 Å². The highest BCUT2D eigenvalue weighted by molar-refractivity contribution is 8.06. The first-order valence-corrected chi connectivity index (χ1v) is 9.09. The summed E-state index contributed by atoms with van der Waals surface area (Å²) in [6.45, 7) is 1.92. The predicted molar refractivity (Wildman–Crippen MR) is 100 cm³/mol. The smallest absolute Gasteiger partial charge is 0.346 e. The van der Waals surface area contributed by atoms with E-state index in [0.29, 0.717) is 10.2 Å². The van der Waals surface area contributed by atoms with Crippen molar-refractivity contribution in [1.29, 1.82) is 0 Å². The Morgan fingerprint density at radius 3 is 2.64 bits per heavy atom. The molecule has 0 saturated heterocycles. The van der Waals surface area contributed by atoms with E-state index >= 15 is 0 Å². The van der Waals surface area contributed by atoms with Crippen LogP contribution in [0.15, 0.2) is 63.6 Å². The summed E-state index contributed by atoms with van der Waals surface area (Å²) in [5.41, 5.74) is 1.72. The number of benzene rings is 1. The third-order valence-electron chi connectivity index (χ3n) is 3.39. The highest BCUT2D eigenvalue weighted by atomic mass is 32.2. The third kappa shape index (κ3) is 3.59. The maximum absolute atomic E-state index is 12.7. The molecule has 2 heterocycles. The number of aromatic nitrogens is 1. The number of hydrogen-bond acceptors (Lipinski definition) is 7. The maximum Gasteiger partial charge on any atom is 0.346 e. The van der Waals surface area contributed by atoms with Crippen molar-refractivity contribution in [2.75, 3.05) is 17.3 Å². The topological polar surface area (TPSA) is 71.5 Å². The van der Waals surface area contributed by atoms with Crippen LogP contribution in [0.3, 0.4) is 0 Å². The number of thiazole rings is 1. The molecular weight excluding hydrogens is 358 g/mol. The number of thioether (sulfide) groups is 1. The molecule has 1 aliphatic rings. The molecule has 0 aliphatic carbocycles. The molecule has 0 atom stereocenters. The third-order valence-corrected chi connectivity index (χ3v) is 5.15. The minimum atomic E-state index is -0.694. The summed E-state index contributed by atoms with van der Waals surface area (Å²) >= 11 is 2.59. The SMILES string of the molecule is COC(=O)/C(C(=O)Nc1nccs1)=C1/SC=C(C)N1c1ccccc1. The maximum atomic E-state index is 12.7. The van der Waals surface area contributed by atoms with Crippen LogP contribution in [-0.4, -0.2) is 24.0 Å². The number of carbonyl (C=O) groups excluding carboxylic acids is 2. The Morgan fingerprint density at radius 1 is 1.24 bits per heavy atom. The fourth-order valence-electron chi connectivity index (χ4n) is 2.30. The van der Waals surface area contributed by atoms with Gasteiger partial charge in [0.25, 0.3) is 5.91 Å². The Labute approximate surface area is 153 Å². The average Bonchev–Trinajstić information content (AvgIpc) is 3.26. The number of methoxy groups -OCH3 is 1. The molecule has 6 nitrogen and oxygen atoms in total. The van der Waals surface area contributed by atoms with Crippen molar-refractivity contribution in [1.82, 2.24) is 4.98 Å². The molecule has 1 aromatic heterocycles. The summed E-state index contributed by atoms with van der Waals surface area (Å²) in [7, 11) is 1.26. The number of allylic oxidation sites excluding steroid dienone is 1. The second-order valence-corrected chi connectivity index (χ2v) is 6.76. The zero-order valence-electron chi connectivity index (χ0n) is 13.6. The van der Waals surface area contributed by atoms with Gasteiger partial charge in [-0.25, -0.2) is 9.78 Å². The number of anilines is 2. The van der Waals surface area contributed by atoms with Gasteiger partial charge in [-0.05, 0) is 24.5 Å². The summed E-state index contributed by atoms with van der Waals surface area (Å²) in [4.78, 5) is 30.9. The Kier molecular flexibility index (Phi) is 5.20. The summed E-state index contributed by atoms with van der Waals surface area (Å²) in [5, 5.41) is 7.21. The van der Waals surface area contributed by atoms with Crippen molar-refractivity contribution in [3.05, 3.63) is 63.6 Å². The Morgan fingerprint density at radius 2 is 2.00 bits per heavy atom. The number of ether oxygens (including phenoxy) is 1. The first-order chi connectivity index (χ1) is 12.1. The van der Waals surface area contributed by atoms with Gasteiger partial charge < -0.3 is 9.64 Å². The zero-order valence-corrected chi connectivity index (χ0v) is 15.2. The molecule has 1 N–H and O–H groups in total. The van der Waals surface area contributed by atoms with Gasteiger partial charge in [0.05, 0.1) is 7.11 Å². The lowest BCUT2D eigenvalue weighted by Gasteiger charge is -2.23. The summed E-state index contributed by atoms with van der Waals surface area (Å²) < 4.78 is 4.85. The van der Waals surface area contributed by atoms with Crippen LogP contribution < -0.4 is 10.2 Å². The van der Waals surface area contributed by atoms with Crippen LogP contribution in [0, 0.1) is 0 Å². The molecule has 8 heteroatoms. The molecule has 1 aliphatic heterocycles. The number of nitrogens with zero attached hydrogens (tertiary/aromatic N) is 2. The quantitative estimate of drug-likeness (QED) is 0.382. The molecule has 0 fully saturated rings. The van der Waals surface area contributed by atoms with Gasteiger partial charge in [-0.2, -0.15) is 0 Å². The minimum Gasteiger partial charge on any atom is -0.465 e. The van der Waals surface area contributed by atoms with Gasteiger partial charge in [0.2, 0.25) is 0 Å². The molecule has 25 heavy (non-hydrogen) atoms. The normalized spacial score (nSPS) is 15.6. The Balaban J connectivity index is 2.04. The molecule has 2 aromatic rings. The van der Waals surface area contributed by atoms with Crippen molar-refractivity contribution in [2.24, 2.45) is 0 Å². The molecule has 1 amide bonds. The van der Waals surface area contributed by atoms with E-state index in [9.17, 15) is 9.59 Å². The molecule has 0 saturated carbocycles. The van der Waals surface area contributed by atoms with E-state index in [2.05, 4.69) is 10.3 Å².